The quantitative estimate of drug-likeness (QED) is 0.852. The van der Waals surface area contributed by atoms with Gasteiger partial charge in [-0.05, 0) is 57.0 Å². The lowest BCUT2D eigenvalue weighted by atomic mass is 10.1. The minimum absolute atomic E-state index is 0.222. The second kappa shape index (κ2) is 7.77. The monoisotopic (exact) mass is 328 g/mol. The number of aromatic nitrogens is 2. The van der Waals surface area contributed by atoms with E-state index in [4.69, 9.17) is 4.74 Å². The number of carbonyl (C=O) groups is 1. The molecule has 6 heteroatoms. The lowest BCUT2D eigenvalue weighted by Crippen LogP contribution is -2.41. The van der Waals surface area contributed by atoms with Crippen LogP contribution in [0.5, 0.6) is 5.75 Å². The van der Waals surface area contributed by atoms with Crippen molar-refractivity contribution >= 4 is 11.7 Å². The van der Waals surface area contributed by atoms with Gasteiger partial charge in [-0.1, -0.05) is 12.1 Å². The van der Waals surface area contributed by atoms with Crippen molar-refractivity contribution in [2.75, 3.05) is 19.0 Å². The van der Waals surface area contributed by atoms with Crippen LogP contribution in [0.25, 0.3) is 0 Å². The summed E-state index contributed by atoms with van der Waals surface area (Å²) in [6.45, 7) is 6.50. The number of hydrogen-bond acceptors (Lipinski definition) is 5. The lowest BCUT2D eigenvalue weighted by molar-refractivity contribution is 0.0913. The van der Waals surface area contributed by atoms with Crippen molar-refractivity contribution in [2.45, 2.75) is 32.7 Å². The highest BCUT2D eigenvalue weighted by Gasteiger charge is 2.16. The fourth-order valence-electron chi connectivity index (χ4n) is 2.08. The zero-order chi connectivity index (χ0) is 17.6. The molecular formula is C18H24N4O2. The standard InChI is InChI=1S/C18H24N4O2/c1-18(2,3)20-17(23)15-9-10-16(22-21-15)19-12-11-13-5-7-14(24-4)8-6-13/h5-10H,11-12H2,1-4H3,(H,19,22)(H,20,23). The Morgan fingerprint density at radius 3 is 2.33 bits per heavy atom. The minimum atomic E-state index is -0.298. The second-order valence-corrected chi connectivity index (χ2v) is 6.53. The maximum atomic E-state index is 12.0. The van der Waals surface area contributed by atoms with E-state index >= 15 is 0 Å². The van der Waals surface area contributed by atoms with Crippen LogP contribution >= 0.6 is 0 Å². The predicted molar refractivity (Wildman–Crippen MR) is 94.4 cm³/mol. The minimum Gasteiger partial charge on any atom is -0.497 e. The first-order chi connectivity index (χ1) is 11.4. The van der Waals surface area contributed by atoms with Gasteiger partial charge >= 0.3 is 0 Å². The lowest BCUT2D eigenvalue weighted by Gasteiger charge is -2.19. The van der Waals surface area contributed by atoms with Crippen molar-refractivity contribution in [3.63, 3.8) is 0 Å². The Balaban J connectivity index is 1.84. The van der Waals surface area contributed by atoms with Crippen molar-refractivity contribution in [3.8, 4) is 5.75 Å². The van der Waals surface area contributed by atoms with E-state index in [-0.39, 0.29) is 11.4 Å². The number of anilines is 1. The van der Waals surface area contributed by atoms with Crippen molar-refractivity contribution in [3.05, 3.63) is 47.7 Å². The summed E-state index contributed by atoms with van der Waals surface area (Å²) in [4.78, 5) is 12.0. The molecule has 1 heterocycles. The summed E-state index contributed by atoms with van der Waals surface area (Å²) in [5.41, 5.74) is 1.22. The summed E-state index contributed by atoms with van der Waals surface area (Å²) in [7, 11) is 1.65. The molecule has 0 atom stereocenters. The summed E-state index contributed by atoms with van der Waals surface area (Å²) in [5.74, 6) is 1.28. The summed E-state index contributed by atoms with van der Waals surface area (Å²) < 4.78 is 5.14. The van der Waals surface area contributed by atoms with Gasteiger partial charge in [0.25, 0.3) is 5.91 Å². The molecule has 0 aliphatic rings. The molecule has 0 spiro atoms. The number of amides is 1. The Hall–Kier alpha value is -2.63. The fraction of sp³-hybridized carbons (Fsp3) is 0.389. The molecule has 0 unspecified atom stereocenters. The molecule has 24 heavy (non-hydrogen) atoms. The normalized spacial score (nSPS) is 11.0. The van der Waals surface area contributed by atoms with Crippen LogP contribution in [-0.2, 0) is 6.42 Å². The molecule has 0 bridgehead atoms. The van der Waals surface area contributed by atoms with Crippen molar-refractivity contribution in [2.24, 2.45) is 0 Å². The Kier molecular flexibility index (Phi) is 5.73. The molecule has 0 saturated carbocycles. The molecule has 1 amide bonds. The molecule has 1 aromatic carbocycles. The number of rotatable bonds is 6. The highest BCUT2D eigenvalue weighted by molar-refractivity contribution is 5.92. The van der Waals surface area contributed by atoms with E-state index in [2.05, 4.69) is 20.8 Å². The number of nitrogens with one attached hydrogen (secondary N) is 2. The number of ether oxygens (including phenoxy) is 1. The van der Waals surface area contributed by atoms with Crippen LogP contribution in [0.4, 0.5) is 5.82 Å². The molecule has 2 N–H and O–H groups in total. The first kappa shape index (κ1) is 17.7. The molecule has 128 valence electrons. The molecule has 0 saturated heterocycles. The molecule has 2 aromatic rings. The predicted octanol–water partition coefficient (Wildman–Crippen LogP) is 2.67. The van der Waals surface area contributed by atoms with E-state index in [9.17, 15) is 4.79 Å². The van der Waals surface area contributed by atoms with Gasteiger partial charge in [0.15, 0.2) is 5.69 Å². The van der Waals surface area contributed by atoms with Crippen molar-refractivity contribution in [1.82, 2.24) is 15.5 Å². The number of benzene rings is 1. The number of carbonyl (C=O) groups excluding carboxylic acids is 1. The maximum absolute atomic E-state index is 12.0. The van der Waals surface area contributed by atoms with Crippen molar-refractivity contribution < 1.29 is 9.53 Å². The molecule has 2 rings (SSSR count). The number of hydrogen-bond donors (Lipinski definition) is 2. The van der Waals surface area contributed by atoms with Gasteiger partial charge in [0, 0.05) is 12.1 Å². The molecule has 6 nitrogen and oxygen atoms in total. The van der Waals surface area contributed by atoms with E-state index in [1.165, 1.54) is 5.56 Å². The van der Waals surface area contributed by atoms with Crippen LogP contribution in [0.15, 0.2) is 36.4 Å². The first-order valence-electron chi connectivity index (χ1n) is 7.90. The third-order valence-corrected chi connectivity index (χ3v) is 3.26. The summed E-state index contributed by atoms with van der Waals surface area (Å²) in [6.07, 6.45) is 0.859. The van der Waals surface area contributed by atoms with E-state index in [1.807, 2.05) is 45.0 Å². The van der Waals surface area contributed by atoms with Gasteiger partial charge in [0.2, 0.25) is 0 Å². The van der Waals surface area contributed by atoms with Gasteiger partial charge in [-0.25, -0.2) is 0 Å². The zero-order valence-electron chi connectivity index (χ0n) is 14.6. The Labute approximate surface area is 142 Å². The van der Waals surface area contributed by atoms with E-state index < -0.39 is 0 Å². The molecular weight excluding hydrogens is 304 g/mol. The Morgan fingerprint density at radius 1 is 1.08 bits per heavy atom. The van der Waals surface area contributed by atoms with Gasteiger partial charge in [-0.2, -0.15) is 0 Å². The van der Waals surface area contributed by atoms with Crippen LogP contribution in [0.3, 0.4) is 0 Å². The van der Waals surface area contributed by atoms with E-state index in [0.29, 0.717) is 11.5 Å². The topological polar surface area (TPSA) is 76.1 Å². The Morgan fingerprint density at radius 2 is 1.79 bits per heavy atom. The smallest absolute Gasteiger partial charge is 0.272 e. The molecule has 0 fully saturated rings. The summed E-state index contributed by atoms with van der Waals surface area (Å²) >= 11 is 0. The van der Waals surface area contributed by atoms with Gasteiger partial charge in [0.05, 0.1) is 7.11 Å². The van der Waals surface area contributed by atoms with Crippen LogP contribution in [0.1, 0.15) is 36.8 Å². The van der Waals surface area contributed by atoms with Gasteiger partial charge < -0.3 is 15.4 Å². The average Bonchev–Trinajstić information content (AvgIpc) is 2.54. The van der Waals surface area contributed by atoms with E-state index in [0.717, 1.165) is 18.7 Å². The second-order valence-electron chi connectivity index (χ2n) is 6.53. The van der Waals surface area contributed by atoms with Crippen LogP contribution in [0, 0.1) is 0 Å². The Bertz CT molecular complexity index is 661. The summed E-state index contributed by atoms with van der Waals surface area (Å²) in [6, 6.07) is 11.4. The SMILES string of the molecule is COc1ccc(CCNc2ccc(C(=O)NC(C)(C)C)nn2)cc1. The van der Waals surface area contributed by atoms with Gasteiger partial charge in [-0.15, -0.1) is 10.2 Å². The van der Waals surface area contributed by atoms with Crippen LogP contribution < -0.4 is 15.4 Å². The first-order valence-corrected chi connectivity index (χ1v) is 7.90. The number of nitrogens with zero attached hydrogens (tertiary/aromatic N) is 2. The highest BCUT2D eigenvalue weighted by Crippen LogP contribution is 2.12. The van der Waals surface area contributed by atoms with Crippen LogP contribution in [-0.4, -0.2) is 35.3 Å². The van der Waals surface area contributed by atoms with Gasteiger partial charge in [0.1, 0.15) is 11.6 Å². The molecule has 0 aliphatic carbocycles. The zero-order valence-corrected chi connectivity index (χ0v) is 14.6. The molecule has 0 radical (unpaired) electrons. The average molecular weight is 328 g/mol. The van der Waals surface area contributed by atoms with E-state index in [1.54, 1.807) is 19.2 Å². The summed E-state index contributed by atoms with van der Waals surface area (Å²) in [5, 5.41) is 14.1. The number of methoxy groups -OCH3 is 1. The highest BCUT2D eigenvalue weighted by atomic mass is 16.5. The third-order valence-electron chi connectivity index (χ3n) is 3.26. The van der Waals surface area contributed by atoms with Crippen molar-refractivity contribution in [1.29, 1.82) is 0 Å². The fourth-order valence-corrected chi connectivity index (χ4v) is 2.08. The van der Waals surface area contributed by atoms with Crippen LogP contribution in [0.2, 0.25) is 0 Å². The largest absolute Gasteiger partial charge is 0.497 e. The maximum Gasteiger partial charge on any atom is 0.272 e. The molecule has 1 aromatic heterocycles. The van der Waals surface area contributed by atoms with Gasteiger partial charge in [-0.3, -0.25) is 4.79 Å². The molecule has 0 aliphatic heterocycles. The third kappa shape index (κ3) is 5.53.